The predicted octanol–water partition coefficient (Wildman–Crippen LogP) is 2.42. The number of rotatable bonds is 5. The van der Waals surface area contributed by atoms with Gasteiger partial charge in [0.1, 0.15) is 0 Å². The molecule has 124 valence electrons. The van der Waals surface area contributed by atoms with Crippen molar-refractivity contribution in [3.8, 4) is 0 Å². The number of benzene rings is 2. The predicted molar refractivity (Wildman–Crippen MR) is 88.6 cm³/mol. The average Bonchev–Trinajstić information content (AvgIpc) is 2.53. The fourth-order valence-corrected chi connectivity index (χ4v) is 3.18. The summed E-state index contributed by atoms with van der Waals surface area (Å²) < 4.78 is 26.3. The first-order valence-electron chi connectivity index (χ1n) is 6.84. The van der Waals surface area contributed by atoms with Crippen LogP contribution in [0.3, 0.4) is 0 Å². The first kappa shape index (κ1) is 17.4. The maximum atomic E-state index is 12.2. The Kier molecular flexibility index (Phi) is 5.10. The van der Waals surface area contributed by atoms with E-state index in [0.717, 1.165) is 29.8 Å². The quantitative estimate of drug-likeness (QED) is 0.508. The van der Waals surface area contributed by atoms with Crippen LogP contribution in [0.1, 0.15) is 11.1 Å². The van der Waals surface area contributed by atoms with Gasteiger partial charge in [0, 0.05) is 18.2 Å². The first-order valence-corrected chi connectivity index (χ1v) is 8.33. The SMILES string of the molecule is Cc1cc([N+](=O)[O-])ccc1S(=O)(=O)NC(=O)/C=C/c1ccccc1. The van der Waals surface area contributed by atoms with Gasteiger partial charge in [-0.25, -0.2) is 13.1 Å². The van der Waals surface area contributed by atoms with Gasteiger partial charge < -0.3 is 0 Å². The van der Waals surface area contributed by atoms with Crippen LogP contribution in [0.4, 0.5) is 5.69 Å². The molecule has 0 fully saturated rings. The number of non-ortho nitro benzene ring substituents is 1. The molecule has 0 aromatic heterocycles. The van der Waals surface area contributed by atoms with E-state index in [1.807, 2.05) is 10.8 Å². The summed E-state index contributed by atoms with van der Waals surface area (Å²) in [6, 6.07) is 12.2. The van der Waals surface area contributed by atoms with E-state index in [0.29, 0.717) is 0 Å². The van der Waals surface area contributed by atoms with Crippen molar-refractivity contribution in [3.63, 3.8) is 0 Å². The van der Waals surface area contributed by atoms with Gasteiger partial charge in [-0.2, -0.15) is 0 Å². The number of hydrogen-bond donors (Lipinski definition) is 1. The van der Waals surface area contributed by atoms with Crippen molar-refractivity contribution < 1.29 is 18.1 Å². The third-order valence-corrected chi connectivity index (χ3v) is 4.63. The molecule has 0 radical (unpaired) electrons. The van der Waals surface area contributed by atoms with Crippen LogP contribution in [0.5, 0.6) is 0 Å². The highest BCUT2D eigenvalue weighted by atomic mass is 32.2. The highest BCUT2D eigenvalue weighted by Gasteiger charge is 2.20. The van der Waals surface area contributed by atoms with Gasteiger partial charge in [-0.3, -0.25) is 14.9 Å². The largest absolute Gasteiger partial charge is 0.269 e. The number of nitrogens with zero attached hydrogens (tertiary/aromatic N) is 1. The van der Waals surface area contributed by atoms with Gasteiger partial charge in [0.25, 0.3) is 21.6 Å². The Labute approximate surface area is 138 Å². The van der Waals surface area contributed by atoms with Crippen molar-refractivity contribution in [1.29, 1.82) is 0 Å². The van der Waals surface area contributed by atoms with Gasteiger partial charge in [-0.1, -0.05) is 30.3 Å². The lowest BCUT2D eigenvalue weighted by Crippen LogP contribution is -2.29. The lowest BCUT2D eigenvalue weighted by molar-refractivity contribution is -0.385. The molecule has 0 spiro atoms. The zero-order chi connectivity index (χ0) is 17.7. The number of amides is 1. The third-order valence-electron chi connectivity index (χ3n) is 3.12. The van der Waals surface area contributed by atoms with Gasteiger partial charge in [0.15, 0.2) is 0 Å². The molecule has 2 rings (SSSR count). The molecule has 0 aliphatic heterocycles. The molecule has 7 nitrogen and oxygen atoms in total. The number of nitro groups is 1. The molecule has 0 unspecified atom stereocenters. The molecule has 24 heavy (non-hydrogen) atoms. The van der Waals surface area contributed by atoms with Crippen molar-refractivity contribution in [3.05, 3.63) is 75.8 Å². The zero-order valence-corrected chi connectivity index (χ0v) is 13.5. The Balaban J connectivity index is 2.18. The van der Waals surface area contributed by atoms with Crippen LogP contribution in [-0.4, -0.2) is 19.2 Å². The minimum absolute atomic E-state index is 0.177. The monoisotopic (exact) mass is 346 g/mol. The van der Waals surface area contributed by atoms with Gasteiger partial charge in [-0.05, 0) is 30.2 Å². The third kappa shape index (κ3) is 4.26. The van der Waals surface area contributed by atoms with Crippen molar-refractivity contribution >= 4 is 27.7 Å². The van der Waals surface area contributed by atoms with Crippen LogP contribution in [0.2, 0.25) is 0 Å². The number of nitro benzene ring substituents is 1. The summed E-state index contributed by atoms with van der Waals surface area (Å²) in [5.74, 6) is -0.809. The second-order valence-electron chi connectivity index (χ2n) is 4.92. The molecule has 2 aromatic carbocycles. The van der Waals surface area contributed by atoms with Crippen LogP contribution < -0.4 is 4.72 Å². The summed E-state index contributed by atoms with van der Waals surface area (Å²) in [5, 5.41) is 10.7. The van der Waals surface area contributed by atoms with Crippen molar-refractivity contribution in [2.75, 3.05) is 0 Å². The molecule has 2 aromatic rings. The van der Waals surface area contributed by atoms with Crippen LogP contribution in [0.25, 0.3) is 6.08 Å². The Bertz CT molecular complexity index is 905. The molecular formula is C16H14N2O5S. The van der Waals surface area contributed by atoms with E-state index in [-0.39, 0.29) is 16.1 Å². The molecule has 0 aliphatic rings. The Hall–Kier alpha value is -3.00. The highest BCUT2D eigenvalue weighted by molar-refractivity contribution is 7.90. The number of aryl methyl sites for hydroxylation is 1. The Morgan fingerprint density at radius 3 is 2.42 bits per heavy atom. The lowest BCUT2D eigenvalue weighted by atomic mass is 10.2. The summed E-state index contributed by atoms with van der Waals surface area (Å²) in [6.45, 7) is 1.42. The smallest absolute Gasteiger partial charge is 0.269 e. The number of sulfonamides is 1. The fraction of sp³-hybridized carbons (Fsp3) is 0.0625. The number of hydrogen-bond acceptors (Lipinski definition) is 5. The van der Waals surface area contributed by atoms with Gasteiger partial charge in [0.2, 0.25) is 0 Å². The molecule has 0 atom stereocenters. The van der Waals surface area contributed by atoms with E-state index >= 15 is 0 Å². The summed E-state index contributed by atoms with van der Waals surface area (Å²) in [6.07, 6.45) is 2.58. The summed E-state index contributed by atoms with van der Waals surface area (Å²) >= 11 is 0. The number of carbonyl (C=O) groups excluding carboxylic acids is 1. The van der Waals surface area contributed by atoms with E-state index < -0.39 is 20.9 Å². The van der Waals surface area contributed by atoms with Crippen LogP contribution >= 0.6 is 0 Å². The van der Waals surface area contributed by atoms with Gasteiger partial charge >= 0.3 is 0 Å². The minimum Gasteiger partial charge on any atom is -0.269 e. The average molecular weight is 346 g/mol. The second kappa shape index (κ2) is 7.05. The molecule has 0 heterocycles. The summed E-state index contributed by atoms with van der Waals surface area (Å²) in [4.78, 5) is 21.7. The van der Waals surface area contributed by atoms with Crippen LogP contribution in [0.15, 0.2) is 59.5 Å². The maximum Gasteiger partial charge on any atom is 0.269 e. The standard InChI is InChI=1S/C16H14N2O5S/c1-12-11-14(18(20)21)8-9-15(12)24(22,23)17-16(19)10-7-13-5-3-2-4-6-13/h2-11H,1H3,(H,17,19)/b10-7+. The van der Waals surface area contributed by atoms with E-state index in [1.165, 1.54) is 13.0 Å². The van der Waals surface area contributed by atoms with E-state index in [2.05, 4.69) is 0 Å². The Morgan fingerprint density at radius 1 is 1.17 bits per heavy atom. The molecular weight excluding hydrogens is 332 g/mol. The normalized spacial score (nSPS) is 11.4. The summed E-state index contributed by atoms with van der Waals surface area (Å²) in [7, 11) is -4.11. The minimum atomic E-state index is -4.11. The molecule has 0 bridgehead atoms. The van der Waals surface area contributed by atoms with E-state index in [1.54, 1.807) is 24.3 Å². The maximum absolute atomic E-state index is 12.2. The first-order chi connectivity index (χ1) is 11.3. The van der Waals surface area contributed by atoms with Crippen molar-refractivity contribution in [2.45, 2.75) is 11.8 Å². The topological polar surface area (TPSA) is 106 Å². The molecule has 8 heteroatoms. The zero-order valence-electron chi connectivity index (χ0n) is 12.7. The number of nitrogens with one attached hydrogen (secondary N) is 1. The molecule has 0 aliphatic carbocycles. The number of carbonyl (C=O) groups is 1. The van der Waals surface area contributed by atoms with Gasteiger partial charge in [0.05, 0.1) is 9.82 Å². The highest BCUT2D eigenvalue weighted by Crippen LogP contribution is 2.20. The molecule has 1 N–H and O–H groups in total. The second-order valence-corrected chi connectivity index (χ2v) is 6.57. The van der Waals surface area contributed by atoms with E-state index in [4.69, 9.17) is 0 Å². The molecule has 1 amide bonds. The molecule has 0 saturated heterocycles. The molecule has 0 saturated carbocycles. The van der Waals surface area contributed by atoms with Crippen LogP contribution in [0, 0.1) is 17.0 Å². The van der Waals surface area contributed by atoms with Gasteiger partial charge in [-0.15, -0.1) is 0 Å². The van der Waals surface area contributed by atoms with Crippen molar-refractivity contribution in [2.24, 2.45) is 0 Å². The lowest BCUT2D eigenvalue weighted by Gasteiger charge is -2.07. The van der Waals surface area contributed by atoms with Crippen molar-refractivity contribution in [1.82, 2.24) is 4.72 Å². The van der Waals surface area contributed by atoms with Crippen LogP contribution in [-0.2, 0) is 14.8 Å². The fourth-order valence-electron chi connectivity index (χ4n) is 2.01. The Morgan fingerprint density at radius 2 is 1.83 bits per heavy atom. The van der Waals surface area contributed by atoms with E-state index in [9.17, 15) is 23.3 Å². The summed E-state index contributed by atoms with van der Waals surface area (Å²) in [5.41, 5.74) is 0.704.